The van der Waals surface area contributed by atoms with E-state index in [9.17, 15) is 0 Å². The van der Waals surface area contributed by atoms with E-state index in [1.807, 2.05) is 0 Å². The molecule has 0 aromatic carbocycles. The summed E-state index contributed by atoms with van der Waals surface area (Å²) in [7, 11) is 0. The highest BCUT2D eigenvalue weighted by Crippen LogP contribution is 2.21. The maximum absolute atomic E-state index is 2.51. The molecule has 0 spiro atoms. The zero-order valence-corrected chi connectivity index (χ0v) is 28.5. The van der Waals surface area contributed by atoms with Crippen LogP contribution >= 0.6 is 0 Å². The van der Waals surface area contributed by atoms with Crippen molar-refractivity contribution in [3.63, 3.8) is 0 Å². The first-order valence-corrected chi connectivity index (χ1v) is 19.2. The summed E-state index contributed by atoms with van der Waals surface area (Å²) in [6.45, 7) is 9.63. The summed E-state index contributed by atoms with van der Waals surface area (Å²) in [4.78, 5) is 0. The van der Waals surface area contributed by atoms with E-state index in [4.69, 9.17) is 0 Å². The van der Waals surface area contributed by atoms with E-state index in [1.165, 1.54) is 212 Å². The normalized spacial score (nSPS) is 13.2. The highest BCUT2D eigenvalue weighted by atomic mass is 14.1. The molecule has 0 heteroatoms. The third kappa shape index (κ3) is 34.1. The Morgan fingerprint density at radius 2 is 0.385 bits per heavy atom. The van der Waals surface area contributed by atoms with Crippen molar-refractivity contribution in [2.75, 3.05) is 0 Å². The van der Waals surface area contributed by atoms with Gasteiger partial charge in [0.15, 0.2) is 0 Å². The molecule has 39 heavy (non-hydrogen) atoms. The first-order valence-electron chi connectivity index (χ1n) is 19.2. The molecule has 0 aromatic heterocycles. The molecule has 0 heterocycles. The summed E-state index contributed by atoms with van der Waals surface area (Å²) in [5.41, 5.74) is 0. The maximum Gasteiger partial charge on any atom is -0.0443 e. The number of unbranched alkanes of at least 4 members (excludes halogenated alkanes) is 26. The molecule has 0 aliphatic heterocycles. The lowest BCUT2D eigenvalue weighted by Gasteiger charge is -2.12. The lowest BCUT2D eigenvalue weighted by molar-refractivity contribution is 0.416. The quantitative estimate of drug-likeness (QED) is 0.0701. The monoisotopic (exact) mass is 549 g/mol. The van der Waals surface area contributed by atoms with E-state index in [1.54, 1.807) is 0 Å². The minimum atomic E-state index is 0.961. The van der Waals surface area contributed by atoms with Crippen LogP contribution < -0.4 is 0 Å². The average molecular weight is 549 g/mol. The summed E-state index contributed by atoms with van der Waals surface area (Å²) >= 11 is 0. The van der Waals surface area contributed by atoms with Crippen molar-refractivity contribution < 1.29 is 0 Å². The zero-order chi connectivity index (χ0) is 28.5. The molecule has 2 atom stereocenters. The van der Waals surface area contributed by atoms with Gasteiger partial charge in [-0.25, -0.2) is 0 Å². The van der Waals surface area contributed by atoms with Crippen LogP contribution in [0, 0.1) is 11.8 Å². The molecule has 0 radical (unpaired) electrons. The summed E-state index contributed by atoms with van der Waals surface area (Å²) < 4.78 is 0. The van der Waals surface area contributed by atoms with Gasteiger partial charge in [0.1, 0.15) is 0 Å². The zero-order valence-electron chi connectivity index (χ0n) is 28.5. The molecule has 0 nitrogen and oxygen atoms in total. The molecular formula is C39H80. The van der Waals surface area contributed by atoms with E-state index >= 15 is 0 Å². The minimum absolute atomic E-state index is 0.961. The van der Waals surface area contributed by atoms with Crippen LogP contribution in [0.15, 0.2) is 0 Å². The molecule has 0 bridgehead atoms. The molecule has 0 aliphatic rings. The Bertz CT molecular complexity index is 412. The second-order valence-corrected chi connectivity index (χ2v) is 13.9. The lowest BCUT2D eigenvalue weighted by Crippen LogP contribution is -1.96. The smallest absolute Gasteiger partial charge is 0.0443 e. The maximum atomic E-state index is 2.51. The summed E-state index contributed by atoms with van der Waals surface area (Å²) in [5, 5.41) is 0. The summed E-state index contributed by atoms with van der Waals surface area (Å²) in [6, 6.07) is 0. The van der Waals surface area contributed by atoms with Gasteiger partial charge in [0, 0.05) is 0 Å². The highest BCUT2D eigenvalue weighted by Gasteiger charge is 2.04. The third-order valence-corrected chi connectivity index (χ3v) is 9.49. The Morgan fingerprint density at radius 3 is 0.564 bits per heavy atom. The Kier molecular flexibility index (Phi) is 34.2. The first kappa shape index (κ1) is 39.0. The first-order chi connectivity index (χ1) is 19.2. The Balaban J connectivity index is 3.23. The van der Waals surface area contributed by atoms with E-state index < -0.39 is 0 Å². The number of hydrogen-bond acceptors (Lipinski definition) is 0. The Morgan fingerprint density at radius 1 is 0.231 bits per heavy atom. The van der Waals surface area contributed by atoms with Gasteiger partial charge in [-0.1, -0.05) is 240 Å². The topological polar surface area (TPSA) is 0 Å². The molecule has 0 saturated carbocycles. The summed E-state index contributed by atoms with van der Waals surface area (Å²) in [5.74, 6) is 1.92. The molecule has 0 N–H and O–H groups in total. The van der Waals surface area contributed by atoms with Gasteiger partial charge < -0.3 is 0 Å². The van der Waals surface area contributed by atoms with Crippen LogP contribution in [0.4, 0.5) is 0 Å². The fraction of sp³-hybridized carbons (Fsp3) is 1.00. The Hall–Kier alpha value is 0. The fourth-order valence-corrected chi connectivity index (χ4v) is 6.47. The molecule has 0 rings (SSSR count). The largest absolute Gasteiger partial charge is 0.0654 e. The molecule has 2 unspecified atom stereocenters. The fourth-order valence-electron chi connectivity index (χ4n) is 6.47. The van der Waals surface area contributed by atoms with E-state index in [2.05, 4.69) is 27.7 Å². The van der Waals surface area contributed by atoms with Crippen molar-refractivity contribution in [2.45, 2.75) is 240 Å². The molecular weight excluding hydrogens is 468 g/mol. The molecule has 0 aliphatic carbocycles. The second kappa shape index (κ2) is 34.2. The van der Waals surface area contributed by atoms with Crippen molar-refractivity contribution in [3.8, 4) is 0 Å². The van der Waals surface area contributed by atoms with Crippen LogP contribution in [-0.2, 0) is 0 Å². The summed E-state index contributed by atoms with van der Waals surface area (Å²) in [6.07, 6.45) is 48.6. The van der Waals surface area contributed by atoms with Crippen molar-refractivity contribution in [3.05, 3.63) is 0 Å². The van der Waals surface area contributed by atoms with Crippen molar-refractivity contribution in [1.82, 2.24) is 0 Å². The highest BCUT2D eigenvalue weighted by molar-refractivity contribution is 4.58. The van der Waals surface area contributed by atoms with Crippen LogP contribution in [0.25, 0.3) is 0 Å². The van der Waals surface area contributed by atoms with Gasteiger partial charge in [-0.2, -0.15) is 0 Å². The number of rotatable bonds is 34. The van der Waals surface area contributed by atoms with Gasteiger partial charge in [-0.3, -0.25) is 0 Å². The predicted molar refractivity (Wildman–Crippen MR) is 182 cm³/mol. The van der Waals surface area contributed by atoms with Gasteiger partial charge in [0.05, 0.1) is 0 Å². The van der Waals surface area contributed by atoms with Gasteiger partial charge in [-0.15, -0.1) is 0 Å². The van der Waals surface area contributed by atoms with E-state index in [0.717, 1.165) is 11.8 Å². The van der Waals surface area contributed by atoms with E-state index in [-0.39, 0.29) is 0 Å². The standard InChI is InChI=1S/C39H80/c1-5-7-9-11-13-15-16-17-18-19-20-21-22-24-27-31-35-39(4)37-33-29-25-28-32-36-38(3)34-30-26-23-14-12-10-8-6-2/h38-39H,5-37H2,1-4H3. The van der Waals surface area contributed by atoms with Gasteiger partial charge >= 0.3 is 0 Å². The van der Waals surface area contributed by atoms with Crippen LogP contribution in [0.2, 0.25) is 0 Å². The van der Waals surface area contributed by atoms with E-state index in [0.29, 0.717) is 0 Å². The van der Waals surface area contributed by atoms with Crippen LogP contribution in [0.5, 0.6) is 0 Å². The minimum Gasteiger partial charge on any atom is -0.0654 e. The predicted octanol–water partition coefficient (Wildman–Crippen LogP) is 15.2. The molecule has 0 fully saturated rings. The SMILES string of the molecule is CCCCCCCCCCCCCCCCCCC(C)CCCCCCCC(C)CCCCCCCCCC. The van der Waals surface area contributed by atoms with Gasteiger partial charge in [-0.05, 0) is 11.8 Å². The molecule has 0 aromatic rings. The van der Waals surface area contributed by atoms with Gasteiger partial charge in [0.2, 0.25) is 0 Å². The molecule has 236 valence electrons. The van der Waals surface area contributed by atoms with Crippen LogP contribution in [-0.4, -0.2) is 0 Å². The van der Waals surface area contributed by atoms with Crippen molar-refractivity contribution >= 4 is 0 Å². The van der Waals surface area contributed by atoms with Crippen molar-refractivity contribution in [2.24, 2.45) is 11.8 Å². The molecule has 0 saturated heterocycles. The van der Waals surface area contributed by atoms with Crippen LogP contribution in [0.3, 0.4) is 0 Å². The van der Waals surface area contributed by atoms with Crippen molar-refractivity contribution in [1.29, 1.82) is 0 Å². The third-order valence-electron chi connectivity index (χ3n) is 9.49. The Labute approximate surface area is 251 Å². The molecule has 0 amide bonds. The van der Waals surface area contributed by atoms with Gasteiger partial charge in [0.25, 0.3) is 0 Å². The van der Waals surface area contributed by atoms with Crippen LogP contribution in [0.1, 0.15) is 240 Å². The lowest BCUT2D eigenvalue weighted by atomic mass is 9.94. The number of hydrogen-bond donors (Lipinski definition) is 0. The second-order valence-electron chi connectivity index (χ2n) is 13.9. The average Bonchev–Trinajstić information content (AvgIpc) is 2.93.